The smallest absolute Gasteiger partial charge is 0.377 e. The van der Waals surface area contributed by atoms with E-state index < -0.39 is 26.1 Å². The highest BCUT2D eigenvalue weighted by Gasteiger charge is 2.48. The summed E-state index contributed by atoms with van der Waals surface area (Å²) in [6, 6.07) is 2.16. The molecule has 2 aromatic rings. The Kier molecular flexibility index (Phi) is 4.19. The van der Waals surface area contributed by atoms with Gasteiger partial charge < -0.3 is 5.32 Å². The van der Waals surface area contributed by atoms with Gasteiger partial charge in [-0.05, 0) is 18.2 Å². The molecule has 0 aliphatic carbocycles. The van der Waals surface area contributed by atoms with E-state index in [1.165, 1.54) is 17.5 Å². The normalized spacial score (nSPS) is 12.4. The highest BCUT2D eigenvalue weighted by Crippen LogP contribution is 2.35. The molecule has 4 nitrogen and oxygen atoms in total. The van der Waals surface area contributed by atoms with Crippen LogP contribution in [0.5, 0.6) is 0 Å². The predicted molar refractivity (Wildman–Crippen MR) is 69.1 cm³/mol. The molecule has 0 fully saturated rings. The van der Waals surface area contributed by atoms with Gasteiger partial charge in [-0.25, -0.2) is 17.8 Å². The van der Waals surface area contributed by atoms with Crippen LogP contribution in [-0.4, -0.2) is 18.9 Å². The predicted octanol–water partition coefficient (Wildman–Crippen LogP) is 3.19. The van der Waals surface area contributed by atoms with E-state index in [2.05, 4.69) is 10.3 Å². The first-order chi connectivity index (χ1) is 9.72. The summed E-state index contributed by atoms with van der Waals surface area (Å²) in [6.07, 6.45) is 1.50. The minimum absolute atomic E-state index is 0.0314. The van der Waals surface area contributed by atoms with Gasteiger partial charge in [0.25, 0.3) is 9.84 Å². The van der Waals surface area contributed by atoms with Crippen LogP contribution < -0.4 is 5.32 Å². The average molecular weight is 340 g/mol. The lowest BCUT2D eigenvalue weighted by Gasteiger charge is -2.13. The third-order valence-electron chi connectivity index (χ3n) is 2.45. The molecule has 2 rings (SSSR count). The van der Waals surface area contributed by atoms with Gasteiger partial charge in [0.1, 0.15) is 15.7 Å². The van der Waals surface area contributed by atoms with Gasteiger partial charge in [-0.2, -0.15) is 13.2 Å². The first-order valence-electron chi connectivity index (χ1n) is 5.45. The standard InChI is InChI=1S/C11H8F4N2O2S2/c12-7-1-2-8(17-6-10-16-3-4-20-10)9(5-7)21(18,19)11(13,14)15/h1-5,17H,6H2. The molecule has 0 bridgehead atoms. The number of hydrogen-bond donors (Lipinski definition) is 1. The van der Waals surface area contributed by atoms with Crippen molar-refractivity contribution in [2.75, 3.05) is 5.32 Å². The van der Waals surface area contributed by atoms with Crippen molar-refractivity contribution in [2.45, 2.75) is 16.9 Å². The second kappa shape index (κ2) is 5.60. The molecule has 0 saturated heterocycles. The van der Waals surface area contributed by atoms with E-state index in [0.29, 0.717) is 11.1 Å². The van der Waals surface area contributed by atoms with E-state index in [1.807, 2.05) is 0 Å². The molecule has 0 atom stereocenters. The molecule has 0 aliphatic heterocycles. The number of nitrogens with one attached hydrogen (secondary N) is 1. The van der Waals surface area contributed by atoms with Crippen molar-refractivity contribution in [1.29, 1.82) is 0 Å². The Morgan fingerprint density at radius 3 is 2.57 bits per heavy atom. The summed E-state index contributed by atoms with van der Waals surface area (Å²) in [7, 11) is -5.64. The Bertz CT molecular complexity index is 727. The van der Waals surface area contributed by atoms with Crippen LogP contribution in [0.4, 0.5) is 23.2 Å². The van der Waals surface area contributed by atoms with Crippen molar-refractivity contribution in [2.24, 2.45) is 0 Å². The van der Waals surface area contributed by atoms with Gasteiger partial charge in [0.2, 0.25) is 0 Å². The minimum atomic E-state index is -5.64. The molecule has 114 valence electrons. The number of nitrogens with zero attached hydrogens (tertiary/aromatic N) is 1. The fourth-order valence-electron chi connectivity index (χ4n) is 1.50. The summed E-state index contributed by atoms with van der Waals surface area (Å²) in [5.74, 6) is -1.07. The fourth-order valence-corrected chi connectivity index (χ4v) is 3.00. The molecule has 0 amide bonds. The van der Waals surface area contributed by atoms with Crippen LogP contribution in [0.15, 0.2) is 34.7 Å². The van der Waals surface area contributed by atoms with Crippen LogP contribution in [0.2, 0.25) is 0 Å². The lowest BCUT2D eigenvalue weighted by atomic mass is 10.3. The van der Waals surface area contributed by atoms with Gasteiger partial charge in [0.05, 0.1) is 12.2 Å². The molecule has 1 aromatic carbocycles. The summed E-state index contributed by atoms with van der Waals surface area (Å²) >= 11 is 1.24. The molecule has 1 N–H and O–H groups in total. The van der Waals surface area contributed by atoms with Crippen molar-refractivity contribution in [1.82, 2.24) is 4.98 Å². The zero-order valence-corrected chi connectivity index (χ0v) is 11.8. The highest BCUT2D eigenvalue weighted by molar-refractivity contribution is 7.92. The first kappa shape index (κ1) is 15.7. The Labute approximate surface area is 121 Å². The molecule has 10 heteroatoms. The van der Waals surface area contributed by atoms with Gasteiger partial charge in [-0.1, -0.05) is 0 Å². The minimum Gasteiger partial charge on any atom is -0.377 e. The summed E-state index contributed by atoms with van der Waals surface area (Å²) in [5.41, 5.74) is -5.83. The van der Waals surface area contributed by atoms with Crippen LogP contribution in [0.1, 0.15) is 5.01 Å². The molecule has 1 aromatic heterocycles. The summed E-state index contributed by atoms with van der Waals surface area (Å²) < 4.78 is 73.8. The zero-order valence-electron chi connectivity index (χ0n) is 10.2. The maximum absolute atomic E-state index is 13.1. The van der Waals surface area contributed by atoms with Gasteiger partial charge in [0, 0.05) is 11.6 Å². The number of thiazole rings is 1. The van der Waals surface area contributed by atoms with Crippen molar-refractivity contribution in [3.63, 3.8) is 0 Å². The van der Waals surface area contributed by atoms with Crippen molar-refractivity contribution in [3.8, 4) is 0 Å². The Balaban J connectivity index is 2.39. The Hall–Kier alpha value is -1.68. The molecular formula is C11H8F4N2O2S2. The Morgan fingerprint density at radius 2 is 2.00 bits per heavy atom. The van der Waals surface area contributed by atoms with Crippen LogP contribution in [0, 0.1) is 5.82 Å². The summed E-state index contributed by atoms with van der Waals surface area (Å²) in [4.78, 5) is 2.75. The fraction of sp³-hybridized carbons (Fsp3) is 0.182. The first-order valence-corrected chi connectivity index (χ1v) is 7.81. The third-order valence-corrected chi connectivity index (χ3v) is 4.76. The summed E-state index contributed by atoms with van der Waals surface area (Å²) in [5, 5.41) is 4.74. The largest absolute Gasteiger partial charge is 0.501 e. The molecule has 0 spiro atoms. The molecule has 0 saturated carbocycles. The average Bonchev–Trinajstić information content (AvgIpc) is 2.89. The van der Waals surface area contributed by atoms with Gasteiger partial charge in [0.15, 0.2) is 0 Å². The maximum Gasteiger partial charge on any atom is 0.501 e. The SMILES string of the molecule is O=S(=O)(c1cc(F)ccc1NCc1nccs1)C(F)(F)F. The number of halogens is 4. The lowest BCUT2D eigenvalue weighted by Crippen LogP contribution is -2.24. The second-order valence-corrected chi connectivity index (χ2v) is 6.76. The lowest BCUT2D eigenvalue weighted by molar-refractivity contribution is -0.0435. The molecule has 0 unspecified atom stereocenters. The number of benzene rings is 1. The van der Waals surface area contributed by atoms with E-state index in [-0.39, 0.29) is 12.2 Å². The van der Waals surface area contributed by atoms with E-state index in [1.54, 1.807) is 5.38 Å². The number of alkyl halides is 3. The van der Waals surface area contributed by atoms with Crippen LogP contribution in [0.3, 0.4) is 0 Å². The molecule has 0 radical (unpaired) electrons. The third kappa shape index (κ3) is 3.32. The maximum atomic E-state index is 13.1. The molecule has 1 heterocycles. The number of hydrogen-bond acceptors (Lipinski definition) is 5. The van der Waals surface area contributed by atoms with Gasteiger partial charge >= 0.3 is 5.51 Å². The number of anilines is 1. The van der Waals surface area contributed by atoms with E-state index in [4.69, 9.17) is 0 Å². The van der Waals surface area contributed by atoms with Crippen molar-refractivity contribution >= 4 is 26.9 Å². The van der Waals surface area contributed by atoms with Crippen molar-refractivity contribution in [3.05, 3.63) is 40.6 Å². The zero-order chi connectivity index (χ0) is 15.7. The topological polar surface area (TPSA) is 59.1 Å². The number of aromatic nitrogens is 1. The van der Waals surface area contributed by atoms with Gasteiger partial charge in [-0.3, -0.25) is 0 Å². The highest BCUT2D eigenvalue weighted by atomic mass is 32.2. The van der Waals surface area contributed by atoms with Crippen molar-refractivity contribution < 1.29 is 26.0 Å². The van der Waals surface area contributed by atoms with Crippen LogP contribution in [-0.2, 0) is 16.4 Å². The van der Waals surface area contributed by atoms with E-state index in [0.717, 1.165) is 12.1 Å². The molecule has 21 heavy (non-hydrogen) atoms. The second-order valence-electron chi connectivity index (χ2n) is 3.87. The summed E-state index contributed by atoms with van der Waals surface area (Å²) in [6.45, 7) is 0.0314. The van der Waals surface area contributed by atoms with Crippen LogP contribution >= 0.6 is 11.3 Å². The van der Waals surface area contributed by atoms with Gasteiger partial charge in [-0.15, -0.1) is 11.3 Å². The molecular weight excluding hydrogens is 332 g/mol. The monoisotopic (exact) mass is 340 g/mol. The molecule has 0 aliphatic rings. The van der Waals surface area contributed by atoms with Crippen LogP contribution in [0.25, 0.3) is 0 Å². The van der Waals surface area contributed by atoms with E-state index in [9.17, 15) is 26.0 Å². The Morgan fingerprint density at radius 1 is 1.29 bits per heavy atom. The number of sulfone groups is 1. The van der Waals surface area contributed by atoms with E-state index >= 15 is 0 Å². The number of rotatable bonds is 4. The quantitative estimate of drug-likeness (QED) is 0.869.